The molecule has 0 amide bonds. The molecule has 1 aromatic heterocycles. The zero-order valence-corrected chi connectivity index (χ0v) is 12.7. The summed E-state index contributed by atoms with van der Waals surface area (Å²) in [7, 11) is -3.61. The molecule has 6 heteroatoms. The number of nitrogens with zero attached hydrogens (tertiary/aromatic N) is 1. The van der Waals surface area contributed by atoms with Crippen molar-refractivity contribution < 1.29 is 8.42 Å². The van der Waals surface area contributed by atoms with Crippen LogP contribution in [0.1, 0.15) is 15.3 Å². The van der Waals surface area contributed by atoms with E-state index in [4.69, 9.17) is 5.14 Å². The van der Waals surface area contributed by atoms with E-state index >= 15 is 0 Å². The fraction of sp³-hybridized carbons (Fsp3) is 0.214. The number of hydrogen-bond acceptors (Lipinski definition) is 4. The fourth-order valence-corrected chi connectivity index (χ4v) is 3.00. The van der Waals surface area contributed by atoms with Gasteiger partial charge >= 0.3 is 0 Å². The predicted octanol–water partition coefficient (Wildman–Crippen LogP) is 2.37. The topological polar surface area (TPSA) is 72.5 Å². The van der Waals surface area contributed by atoms with Crippen LogP contribution in [-0.2, 0) is 16.4 Å². The number of primary sulfonamides is 1. The van der Waals surface area contributed by atoms with Crippen LogP contribution < -0.4 is 5.14 Å². The first kappa shape index (κ1) is 14.9. The minimum Gasteiger partial charge on any atom is -0.291 e. The van der Waals surface area contributed by atoms with Crippen LogP contribution in [0.25, 0.3) is 0 Å². The Kier molecular flexibility index (Phi) is 4.69. The molecule has 106 valence electrons. The molecule has 2 N–H and O–H groups in total. The van der Waals surface area contributed by atoms with Crippen molar-refractivity contribution in [1.82, 2.24) is 0 Å². The van der Waals surface area contributed by atoms with Crippen molar-refractivity contribution in [3.05, 3.63) is 51.7 Å². The highest BCUT2D eigenvalue weighted by Crippen LogP contribution is 2.13. The Morgan fingerprint density at radius 3 is 2.45 bits per heavy atom. The van der Waals surface area contributed by atoms with Gasteiger partial charge in [-0.3, -0.25) is 4.99 Å². The summed E-state index contributed by atoms with van der Waals surface area (Å²) in [6, 6.07) is 10.7. The van der Waals surface area contributed by atoms with Crippen molar-refractivity contribution in [3.8, 4) is 0 Å². The third kappa shape index (κ3) is 4.26. The van der Waals surface area contributed by atoms with E-state index in [0.29, 0.717) is 6.54 Å². The average Bonchev–Trinajstić information content (AvgIpc) is 2.80. The fourth-order valence-electron chi connectivity index (χ4n) is 1.72. The number of sulfonamides is 1. The summed E-state index contributed by atoms with van der Waals surface area (Å²) in [5, 5.41) is 5.04. The quantitative estimate of drug-likeness (QED) is 0.861. The number of aliphatic imine (C=N–C) groups is 1. The van der Waals surface area contributed by atoms with Gasteiger partial charge in [0, 0.05) is 22.5 Å². The molecule has 20 heavy (non-hydrogen) atoms. The van der Waals surface area contributed by atoms with E-state index < -0.39 is 10.0 Å². The second kappa shape index (κ2) is 6.30. The third-order valence-corrected chi connectivity index (χ3v) is 4.63. The van der Waals surface area contributed by atoms with E-state index in [9.17, 15) is 8.42 Å². The van der Waals surface area contributed by atoms with Gasteiger partial charge in [0.1, 0.15) is 0 Å². The van der Waals surface area contributed by atoms with E-state index in [1.54, 1.807) is 23.5 Å². The van der Waals surface area contributed by atoms with E-state index in [1.165, 1.54) is 17.0 Å². The molecular formula is C14H16N2O2S2. The van der Waals surface area contributed by atoms with Crippen LogP contribution in [0.3, 0.4) is 0 Å². The Morgan fingerprint density at radius 1 is 1.20 bits per heavy atom. The van der Waals surface area contributed by atoms with E-state index in [2.05, 4.69) is 18.0 Å². The number of aryl methyl sites for hydroxylation is 1. The van der Waals surface area contributed by atoms with Gasteiger partial charge < -0.3 is 0 Å². The first-order valence-electron chi connectivity index (χ1n) is 6.13. The Bertz CT molecular complexity index is 701. The predicted molar refractivity (Wildman–Crippen MR) is 83.0 cm³/mol. The molecule has 0 aliphatic carbocycles. The number of thiophene rings is 1. The summed E-state index contributed by atoms with van der Waals surface area (Å²) in [5.74, 6) is 0. The van der Waals surface area contributed by atoms with Gasteiger partial charge in [-0.15, -0.1) is 11.3 Å². The minimum atomic E-state index is -3.61. The van der Waals surface area contributed by atoms with E-state index in [-0.39, 0.29) is 4.90 Å². The molecule has 0 radical (unpaired) electrons. The summed E-state index contributed by atoms with van der Waals surface area (Å²) in [6.45, 7) is 2.74. The lowest BCUT2D eigenvalue weighted by Crippen LogP contribution is -2.11. The lowest BCUT2D eigenvalue weighted by atomic mass is 10.1. The van der Waals surface area contributed by atoms with Crippen molar-refractivity contribution >= 4 is 27.6 Å². The van der Waals surface area contributed by atoms with Crippen LogP contribution in [0.5, 0.6) is 0 Å². The summed E-state index contributed by atoms with van der Waals surface area (Å²) in [4.78, 5) is 6.92. The van der Waals surface area contributed by atoms with E-state index in [1.807, 2.05) is 12.3 Å². The minimum absolute atomic E-state index is 0.138. The van der Waals surface area contributed by atoms with Crippen molar-refractivity contribution in [2.24, 2.45) is 10.1 Å². The molecule has 0 atom stereocenters. The van der Waals surface area contributed by atoms with Gasteiger partial charge in [0.05, 0.1) is 4.90 Å². The lowest BCUT2D eigenvalue weighted by Gasteiger charge is -2.01. The van der Waals surface area contributed by atoms with Crippen LogP contribution >= 0.6 is 11.3 Å². The molecule has 0 spiro atoms. The van der Waals surface area contributed by atoms with Gasteiger partial charge in [-0.1, -0.05) is 12.1 Å². The molecule has 0 saturated carbocycles. The largest absolute Gasteiger partial charge is 0.291 e. The van der Waals surface area contributed by atoms with Crippen molar-refractivity contribution in [2.75, 3.05) is 6.54 Å². The van der Waals surface area contributed by atoms with Gasteiger partial charge in [0.25, 0.3) is 0 Å². The number of nitrogens with two attached hydrogens (primary N) is 1. The number of hydrogen-bond donors (Lipinski definition) is 1. The molecule has 2 aromatic rings. The molecule has 0 aliphatic rings. The first-order valence-corrected chi connectivity index (χ1v) is 8.49. The Morgan fingerprint density at radius 2 is 1.90 bits per heavy atom. The van der Waals surface area contributed by atoms with Gasteiger partial charge in [0.2, 0.25) is 10.0 Å². The zero-order chi connectivity index (χ0) is 14.6. The smallest absolute Gasteiger partial charge is 0.238 e. The van der Waals surface area contributed by atoms with Crippen molar-refractivity contribution in [1.29, 1.82) is 0 Å². The molecule has 0 aliphatic heterocycles. The normalized spacial score (nSPS) is 12.1. The monoisotopic (exact) mass is 308 g/mol. The molecule has 0 bridgehead atoms. The molecule has 4 nitrogen and oxygen atoms in total. The second-order valence-electron chi connectivity index (χ2n) is 4.42. The molecule has 0 unspecified atom stereocenters. The summed E-state index contributed by atoms with van der Waals surface area (Å²) in [5.41, 5.74) is 1.04. The van der Waals surface area contributed by atoms with Crippen molar-refractivity contribution in [2.45, 2.75) is 18.2 Å². The SMILES string of the molecule is Cc1ccc(C=NCCc2ccc(S(N)(=O)=O)cc2)s1. The molecular weight excluding hydrogens is 292 g/mol. The molecule has 1 heterocycles. The Balaban J connectivity index is 1.90. The van der Waals surface area contributed by atoms with Crippen LogP contribution in [-0.4, -0.2) is 21.2 Å². The van der Waals surface area contributed by atoms with Crippen LogP contribution in [0.4, 0.5) is 0 Å². The van der Waals surface area contributed by atoms with Crippen LogP contribution in [0.2, 0.25) is 0 Å². The van der Waals surface area contributed by atoms with Crippen LogP contribution in [0.15, 0.2) is 46.3 Å². The van der Waals surface area contributed by atoms with Crippen molar-refractivity contribution in [3.63, 3.8) is 0 Å². The molecule has 0 fully saturated rings. The van der Waals surface area contributed by atoms with Crippen LogP contribution in [0, 0.1) is 6.92 Å². The van der Waals surface area contributed by atoms with E-state index in [0.717, 1.165) is 16.9 Å². The molecule has 0 saturated heterocycles. The highest BCUT2D eigenvalue weighted by molar-refractivity contribution is 7.89. The lowest BCUT2D eigenvalue weighted by molar-refractivity contribution is 0.598. The molecule has 2 rings (SSSR count). The zero-order valence-electron chi connectivity index (χ0n) is 11.1. The number of benzene rings is 1. The van der Waals surface area contributed by atoms with Gasteiger partial charge in [0.15, 0.2) is 0 Å². The Labute approximate surface area is 123 Å². The second-order valence-corrected chi connectivity index (χ2v) is 7.30. The summed E-state index contributed by atoms with van der Waals surface area (Å²) in [6.07, 6.45) is 2.64. The first-order chi connectivity index (χ1) is 9.45. The highest BCUT2D eigenvalue weighted by Gasteiger charge is 2.06. The summed E-state index contributed by atoms with van der Waals surface area (Å²) >= 11 is 1.71. The maximum Gasteiger partial charge on any atom is 0.238 e. The Hall–Kier alpha value is -1.50. The van der Waals surface area contributed by atoms with Gasteiger partial charge in [-0.05, 0) is 43.2 Å². The van der Waals surface area contributed by atoms with Gasteiger partial charge in [-0.2, -0.15) is 0 Å². The maximum absolute atomic E-state index is 11.1. The average molecular weight is 308 g/mol. The number of rotatable bonds is 5. The summed E-state index contributed by atoms with van der Waals surface area (Å²) < 4.78 is 22.2. The third-order valence-electron chi connectivity index (χ3n) is 2.76. The van der Waals surface area contributed by atoms with Gasteiger partial charge in [-0.25, -0.2) is 13.6 Å². The maximum atomic E-state index is 11.1. The molecule has 1 aromatic carbocycles. The highest BCUT2D eigenvalue weighted by atomic mass is 32.2. The standard InChI is InChI=1S/C14H16N2O2S2/c1-11-2-5-13(19-11)10-16-9-8-12-3-6-14(7-4-12)20(15,17)18/h2-7,10H,8-9H2,1H3,(H2,15,17,18).